The van der Waals surface area contributed by atoms with Gasteiger partial charge in [0.1, 0.15) is 0 Å². The molecule has 2 aliphatic rings. The number of ether oxygens (including phenoxy) is 1. The van der Waals surface area contributed by atoms with E-state index in [0.29, 0.717) is 12.1 Å². The molecule has 0 spiro atoms. The molecule has 0 saturated carbocycles. The van der Waals surface area contributed by atoms with Crippen molar-refractivity contribution in [1.29, 1.82) is 0 Å². The Morgan fingerprint density at radius 2 is 1.58 bits per heavy atom. The molecule has 144 valence electrons. The minimum atomic E-state index is -5.99. The van der Waals surface area contributed by atoms with Crippen LogP contribution in [-0.4, -0.2) is 22.0 Å². The second kappa shape index (κ2) is 5.76. The minimum absolute atomic E-state index is 0.243. The first-order chi connectivity index (χ1) is 11.9. The molecule has 26 heavy (non-hydrogen) atoms. The standard InChI is InChI=1S/C13H10F6IN3O3/c1-6(11-20(21-11)22-11)9(24)26-8-4-2-7(3-5-8)10(23-25,12(14,15)16)13(17,18)19/h2-6,21-22H,1H3. The third-order valence-corrected chi connectivity index (χ3v) is 8.97. The molecule has 2 heterocycles. The third-order valence-electron chi connectivity index (χ3n) is 4.09. The van der Waals surface area contributed by atoms with Gasteiger partial charge in [-0.3, -0.25) is 0 Å². The molecule has 2 aliphatic heterocycles. The number of carbonyl (C=O) groups is 1. The number of esters is 1. The molecule has 2 N–H and O–H groups in total. The number of benzene rings is 1. The van der Waals surface area contributed by atoms with Crippen molar-refractivity contribution in [3.63, 3.8) is 0 Å². The van der Waals surface area contributed by atoms with Crippen LogP contribution in [0.5, 0.6) is 5.75 Å². The van der Waals surface area contributed by atoms with Gasteiger partial charge in [0, 0.05) is 0 Å². The summed E-state index contributed by atoms with van der Waals surface area (Å²) in [5.74, 6) is -1.47. The summed E-state index contributed by atoms with van der Waals surface area (Å²) >= 11 is -1.41. The van der Waals surface area contributed by atoms with E-state index in [1.54, 1.807) is 6.92 Å². The number of hydrogen-bond donors (Lipinski definition) is 2. The van der Waals surface area contributed by atoms with E-state index in [4.69, 9.17) is 4.74 Å². The Kier molecular flexibility index (Phi) is 4.27. The molecule has 3 rings (SSSR count). The number of fused-ring (bicyclic) bond motifs is 1. The molecule has 13 heteroatoms. The Labute approximate surface area is 149 Å². The zero-order valence-corrected chi connectivity index (χ0v) is 14.9. The predicted molar refractivity (Wildman–Crippen MR) is 83.8 cm³/mol. The van der Waals surface area contributed by atoms with Gasteiger partial charge in [0.2, 0.25) is 0 Å². The second-order valence-electron chi connectivity index (χ2n) is 5.65. The zero-order chi connectivity index (χ0) is 19.5. The molecule has 2 saturated heterocycles. The van der Waals surface area contributed by atoms with Crippen LogP contribution in [-0.2, 0) is 10.3 Å². The SMILES string of the molecule is CC(C(=O)Oc1ccc(C(N=O)(C(F)(F)F)C(F)(F)F)cc1)C12NI1N2. The van der Waals surface area contributed by atoms with Gasteiger partial charge in [0.25, 0.3) is 0 Å². The number of nitrogens with one attached hydrogen (secondary N) is 2. The molecule has 0 radical (unpaired) electrons. The van der Waals surface area contributed by atoms with Crippen molar-refractivity contribution in [2.24, 2.45) is 11.1 Å². The van der Waals surface area contributed by atoms with Gasteiger partial charge in [-0.15, -0.1) is 0 Å². The maximum absolute atomic E-state index is 13.0. The topological polar surface area (TPSA) is 99.6 Å². The van der Waals surface area contributed by atoms with Crippen molar-refractivity contribution in [3.05, 3.63) is 34.7 Å². The average molecular weight is 497 g/mol. The predicted octanol–water partition coefficient (Wildman–Crippen LogP) is 3.51. The molecule has 0 bridgehead atoms. The fourth-order valence-electron chi connectivity index (χ4n) is 2.34. The summed E-state index contributed by atoms with van der Waals surface area (Å²) in [5.41, 5.74) is -6.32. The van der Waals surface area contributed by atoms with Crippen LogP contribution in [0.25, 0.3) is 0 Å². The van der Waals surface area contributed by atoms with Gasteiger partial charge >= 0.3 is 149 Å². The fourth-order valence-corrected chi connectivity index (χ4v) is 7.20. The molecule has 2 fully saturated rings. The summed E-state index contributed by atoms with van der Waals surface area (Å²) in [7, 11) is 0. The van der Waals surface area contributed by atoms with Gasteiger partial charge in [0.15, 0.2) is 0 Å². The number of rotatable bonds is 5. The monoisotopic (exact) mass is 497 g/mol. The molecule has 1 unspecified atom stereocenters. The van der Waals surface area contributed by atoms with Gasteiger partial charge in [-0.1, -0.05) is 0 Å². The number of alkyl halides is 7. The summed E-state index contributed by atoms with van der Waals surface area (Å²) in [6, 6.07) is 2.34. The number of carbonyl (C=O) groups excluding carboxylic acids is 1. The summed E-state index contributed by atoms with van der Waals surface area (Å²) in [6.07, 6.45) is -12.0. The second-order valence-corrected chi connectivity index (χ2v) is 10.0. The molecule has 0 aliphatic carbocycles. The first-order valence-corrected chi connectivity index (χ1v) is 10.2. The number of hydrogen-bond acceptors (Lipinski definition) is 6. The van der Waals surface area contributed by atoms with Crippen LogP contribution >= 0.6 is 20.4 Å². The fraction of sp³-hybridized carbons (Fsp3) is 0.462. The maximum atomic E-state index is 13.0. The summed E-state index contributed by atoms with van der Waals surface area (Å²) < 4.78 is 88.8. The van der Waals surface area contributed by atoms with Crippen LogP contribution in [0.15, 0.2) is 29.4 Å². The van der Waals surface area contributed by atoms with E-state index >= 15 is 0 Å². The van der Waals surface area contributed by atoms with E-state index < -0.39 is 55.7 Å². The van der Waals surface area contributed by atoms with E-state index in [2.05, 4.69) is 7.06 Å². The first-order valence-electron chi connectivity index (χ1n) is 6.95. The molecule has 0 amide bonds. The van der Waals surface area contributed by atoms with Gasteiger partial charge in [-0.25, -0.2) is 0 Å². The Bertz CT molecular complexity index is 731. The van der Waals surface area contributed by atoms with E-state index in [1.807, 2.05) is 0 Å². The quantitative estimate of drug-likeness (QED) is 0.0747. The van der Waals surface area contributed by atoms with E-state index in [-0.39, 0.29) is 9.42 Å². The Morgan fingerprint density at radius 1 is 1.12 bits per heavy atom. The van der Waals surface area contributed by atoms with Gasteiger partial charge in [0.05, 0.1) is 0 Å². The number of nitroso groups, excluding NO2 is 1. The van der Waals surface area contributed by atoms with Crippen LogP contribution in [0.4, 0.5) is 26.3 Å². The average Bonchev–Trinajstić information content (AvgIpc) is 3.36. The number of halogens is 7. The van der Waals surface area contributed by atoms with Crippen LogP contribution in [0.3, 0.4) is 0 Å². The Hall–Kier alpha value is -1.48. The van der Waals surface area contributed by atoms with E-state index in [9.17, 15) is 36.0 Å². The molecule has 1 atom stereocenters. The zero-order valence-electron chi connectivity index (χ0n) is 12.7. The molecular formula is C13H10F6IN3O3. The van der Waals surface area contributed by atoms with E-state index in [1.165, 1.54) is 5.18 Å². The van der Waals surface area contributed by atoms with Gasteiger partial charge in [-0.2, -0.15) is 0 Å². The first kappa shape index (κ1) is 19.3. The van der Waals surface area contributed by atoms with Crippen molar-refractivity contribution in [2.45, 2.75) is 28.5 Å². The summed E-state index contributed by atoms with van der Waals surface area (Å²) in [6.45, 7) is 1.59. The van der Waals surface area contributed by atoms with Crippen LogP contribution in [0, 0.1) is 10.8 Å². The normalized spacial score (nSPS) is 20.8. The summed E-state index contributed by atoms with van der Waals surface area (Å²) in [4.78, 5) is 22.6. The van der Waals surface area contributed by atoms with E-state index in [0.717, 1.165) is 12.1 Å². The van der Waals surface area contributed by atoms with Crippen molar-refractivity contribution in [1.82, 2.24) is 7.06 Å². The molecule has 0 aromatic heterocycles. The number of nitrogens with zero attached hydrogens (tertiary/aromatic N) is 1. The van der Waals surface area contributed by atoms with Crippen LogP contribution in [0.1, 0.15) is 12.5 Å². The van der Waals surface area contributed by atoms with Crippen LogP contribution in [0.2, 0.25) is 0 Å². The van der Waals surface area contributed by atoms with Crippen LogP contribution < -0.4 is 11.8 Å². The van der Waals surface area contributed by atoms with Crippen molar-refractivity contribution < 1.29 is 35.9 Å². The molecule has 1 aromatic carbocycles. The van der Waals surface area contributed by atoms with Gasteiger partial charge in [-0.05, 0) is 0 Å². The van der Waals surface area contributed by atoms with Crippen molar-refractivity contribution in [2.75, 3.05) is 0 Å². The third kappa shape index (κ3) is 2.76. The summed E-state index contributed by atoms with van der Waals surface area (Å²) in [5, 5.41) is 1.38. The van der Waals surface area contributed by atoms with Gasteiger partial charge < -0.3 is 0 Å². The van der Waals surface area contributed by atoms with Crippen molar-refractivity contribution in [3.8, 4) is 5.75 Å². The Morgan fingerprint density at radius 3 is 1.92 bits per heavy atom. The van der Waals surface area contributed by atoms with Crippen molar-refractivity contribution >= 4 is 26.3 Å². The molecule has 6 nitrogen and oxygen atoms in total. The molecule has 1 aromatic rings. The molecular weight excluding hydrogens is 487 g/mol. The Balaban J connectivity index is 1.83.